The van der Waals surface area contributed by atoms with Gasteiger partial charge in [0.25, 0.3) is 0 Å². The van der Waals surface area contributed by atoms with Crippen LogP contribution >= 0.6 is 0 Å². The van der Waals surface area contributed by atoms with Crippen LogP contribution < -0.4 is 11.1 Å². The minimum atomic E-state index is -2.88. The van der Waals surface area contributed by atoms with Gasteiger partial charge < -0.3 is 15.8 Å². The van der Waals surface area contributed by atoms with Crippen LogP contribution in [0.4, 0.5) is 0 Å². The van der Waals surface area contributed by atoms with E-state index in [9.17, 15) is 13.2 Å². The number of hydrogen-bond donors (Lipinski definition) is 2. The Hall–Kier alpha value is -0.660. The molecule has 0 spiro atoms. The average molecular weight is 276 g/mol. The third-order valence-electron chi connectivity index (χ3n) is 3.56. The lowest BCUT2D eigenvalue weighted by atomic mass is 10.1. The third kappa shape index (κ3) is 3.43. The molecule has 2 rings (SSSR count). The molecule has 2 aliphatic rings. The highest BCUT2D eigenvalue weighted by atomic mass is 32.2. The second-order valence-corrected chi connectivity index (χ2v) is 7.30. The molecule has 2 fully saturated rings. The van der Waals surface area contributed by atoms with Gasteiger partial charge in [-0.05, 0) is 25.7 Å². The zero-order valence-corrected chi connectivity index (χ0v) is 11.1. The molecule has 2 heterocycles. The first-order chi connectivity index (χ1) is 8.50. The molecule has 7 heteroatoms. The molecule has 0 bridgehead atoms. The van der Waals surface area contributed by atoms with Crippen LogP contribution in [-0.2, 0) is 19.4 Å². The van der Waals surface area contributed by atoms with Gasteiger partial charge in [0.1, 0.15) is 15.9 Å². The molecule has 1 amide bonds. The number of nitrogens with one attached hydrogen (secondary N) is 1. The van der Waals surface area contributed by atoms with Crippen LogP contribution in [0.15, 0.2) is 0 Å². The zero-order chi connectivity index (χ0) is 13.2. The van der Waals surface area contributed by atoms with Gasteiger partial charge in [0.05, 0.1) is 17.6 Å². The Balaban J connectivity index is 1.79. The van der Waals surface area contributed by atoms with Crippen molar-refractivity contribution in [2.45, 2.75) is 43.9 Å². The van der Waals surface area contributed by atoms with E-state index in [4.69, 9.17) is 10.5 Å². The number of ether oxygens (including phenoxy) is 1. The second-order valence-electron chi connectivity index (χ2n) is 4.99. The Bertz CT molecular complexity index is 395. The molecular weight excluding hydrogens is 256 g/mol. The average Bonchev–Trinajstić information content (AvgIpc) is 2.80. The van der Waals surface area contributed by atoms with E-state index in [0.717, 1.165) is 6.42 Å². The topological polar surface area (TPSA) is 98.5 Å². The summed E-state index contributed by atoms with van der Waals surface area (Å²) in [5.41, 5.74) is 5.49. The SMILES string of the molecule is NCC1CCC(C(=O)NC2CCS(=O)(=O)CC2)O1. The Morgan fingerprint density at radius 1 is 1.22 bits per heavy atom. The summed E-state index contributed by atoms with van der Waals surface area (Å²) in [5.74, 6) is 0.194. The van der Waals surface area contributed by atoms with Crippen molar-refractivity contribution < 1.29 is 17.9 Å². The smallest absolute Gasteiger partial charge is 0.249 e. The lowest BCUT2D eigenvalue weighted by Gasteiger charge is -2.24. The van der Waals surface area contributed by atoms with Gasteiger partial charge in [-0.3, -0.25) is 4.79 Å². The second kappa shape index (κ2) is 5.54. The molecule has 18 heavy (non-hydrogen) atoms. The zero-order valence-electron chi connectivity index (χ0n) is 10.3. The maximum atomic E-state index is 11.9. The summed E-state index contributed by atoms with van der Waals surface area (Å²) in [6, 6.07) is -0.0402. The minimum Gasteiger partial charge on any atom is -0.364 e. The van der Waals surface area contributed by atoms with Crippen LogP contribution in [0.2, 0.25) is 0 Å². The largest absolute Gasteiger partial charge is 0.364 e. The van der Waals surface area contributed by atoms with Crippen LogP contribution in [0.3, 0.4) is 0 Å². The summed E-state index contributed by atoms with van der Waals surface area (Å²) in [4.78, 5) is 11.9. The predicted molar refractivity (Wildman–Crippen MR) is 66.8 cm³/mol. The van der Waals surface area contributed by atoms with Crippen molar-refractivity contribution >= 4 is 15.7 Å². The van der Waals surface area contributed by atoms with Crippen molar-refractivity contribution in [2.24, 2.45) is 5.73 Å². The normalized spacial score (nSPS) is 32.3. The van der Waals surface area contributed by atoms with E-state index in [1.807, 2.05) is 0 Å². The van der Waals surface area contributed by atoms with Crippen LogP contribution in [0.25, 0.3) is 0 Å². The monoisotopic (exact) mass is 276 g/mol. The van der Waals surface area contributed by atoms with Crippen molar-refractivity contribution in [1.29, 1.82) is 0 Å². The molecule has 0 aliphatic carbocycles. The Labute approximate surface area is 107 Å². The van der Waals surface area contributed by atoms with E-state index in [1.165, 1.54) is 0 Å². The molecule has 0 radical (unpaired) electrons. The molecule has 104 valence electrons. The Morgan fingerprint density at radius 2 is 1.89 bits per heavy atom. The summed E-state index contributed by atoms with van der Waals surface area (Å²) in [6.45, 7) is 0.436. The standard InChI is InChI=1S/C11H20N2O4S/c12-7-9-1-2-10(17-9)11(14)13-8-3-5-18(15,16)6-4-8/h8-10H,1-7,12H2,(H,13,14). The third-order valence-corrected chi connectivity index (χ3v) is 5.28. The summed E-state index contributed by atoms with van der Waals surface area (Å²) >= 11 is 0. The Kier molecular flexibility index (Phi) is 4.24. The quantitative estimate of drug-likeness (QED) is 0.702. The fourth-order valence-corrected chi connectivity index (χ4v) is 3.89. The first-order valence-corrected chi connectivity index (χ1v) is 8.18. The van der Waals surface area contributed by atoms with Crippen LogP contribution in [0, 0.1) is 0 Å². The maximum absolute atomic E-state index is 11.9. The predicted octanol–water partition coefficient (Wildman–Crippen LogP) is -0.814. The van der Waals surface area contributed by atoms with Gasteiger partial charge in [-0.1, -0.05) is 0 Å². The van der Waals surface area contributed by atoms with Crippen LogP contribution in [0.1, 0.15) is 25.7 Å². The lowest BCUT2D eigenvalue weighted by Crippen LogP contribution is -2.45. The van der Waals surface area contributed by atoms with Crippen molar-refractivity contribution in [3.05, 3.63) is 0 Å². The van der Waals surface area contributed by atoms with Gasteiger partial charge in [-0.2, -0.15) is 0 Å². The highest BCUT2D eigenvalue weighted by Gasteiger charge is 2.32. The molecule has 0 aromatic heterocycles. The Morgan fingerprint density at radius 3 is 2.44 bits per heavy atom. The van der Waals surface area contributed by atoms with Crippen LogP contribution in [0.5, 0.6) is 0 Å². The first-order valence-electron chi connectivity index (χ1n) is 6.36. The molecule has 2 saturated heterocycles. The van der Waals surface area contributed by atoms with Crippen molar-refractivity contribution in [1.82, 2.24) is 5.32 Å². The van der Waals surface area contributed by atoms with Gasteiger partial charge >= 0.3 is 0 Å². The van der Waals surface area contributed by atoms with Crippen LogP contribution in [-0.4, -0.2) is 50.6 Å². The number of nitrogens with two attached hydrogens (primary N) is 1. The lowest BCUT2D eigenvalue weighted by molar-refractivity contribution is -0.132. The number of carbonyl (C=O) groups excluding carboxylic acids is 1. The van der Waals surface area contributed by atoms with Gasteiger partial charge in [-0.15, -0.1) is 0 Å². The number of sulfone groups is 1. The van der Waals surface area contributed by atoms with E-state index < -0.39 is 15.9 Å². The molecular formula is C11H20N2O4S. The van der Waals surface area contributed by atoms with Crippen molar-refractivity contribution in [3.8, 4) is 0 Å². The summed E-state index contributed by atoms with van der Waals surface area (Å²) < 4.78 is 28.0. The van der Waals surface area contributed by atoms with Gasteiger partial charge in [0.15, 0.2) is 0 Å². The number of hydrogen-bond acceptors (Lipinski definition) is 5. The van der Waals surface area contributed by atoms with Gasteiger partial charge in [0.2, 0.25) is 5.91 Å². The van der Waals surface area contributed by atoms with E-state index in [2.05, 4.69) is 5.32 Å². The molecule has 3 N–H and O–H groups in total. The van der Waals surface area contributed by atoms with E-state index >= 15 is 0 Å². The van der Waals surface area contributed by atoms with E-state index in [0.29, 0.717) is 25.8 Å². The number of carbonyl (C=O) groups is 1. The molecule has 0 aromatic rings. The van der Waals surface area contributed by atoms with Gasteiger partial charge in [0, 0.05) is 12.6 Å². The minimum absolute atomic E-state index is 0.0208. The molecule has 0 saturated carbocycles. The summed E-state index contributed by atoms with van der Waals surface area (Å²) in [5, 5.41) is 2.87. The first kappa shape index (κ1) is 13.8. The van der Waals surface area contributed by atoms with Crippen molar-refractivity contribution in [2.75, 3.05) is 18.1 Å². The maximum Gasteiger partial charge on any atom is 0.249 e. The molecule has 2 atom stereocenters. The van der Waals surface area contributed by atoms with E-state index in [1.54, 1.807) is 0 Å². The summed E-state index contributed by atoms with van der Waals surface area (Å²) in [7, 11) is -2.88. The van der Waals surface area contributed by atoms with Crippen molar-refractivity contribution in [3.63, 3.8) is 0 Å². The molecule has 0 aromatic carbocycles. The fraction of sp³-hybridized carbons (Fsp3) is 0.909. The van der Waals surface area contributed by atoms with Gasteiger partial charge in [-0.25, -0.2) is 8.42 Å². The highest BCUT2D eigenvalue weighted by molar-refractivity contribution is 7.91. The molecule has 2 unspecified atom stereocenters. The fourth-order valence-electron chi connectivity index (χ4n) is 2.40. The summed E-state index contributed by atoms with van der Waals surface area (Å²) in [6.07, 6.45) is 2.07. The highest BCUT2D eigenvalue weighted by Crippen LogP contribution is 2.20. The van der Waals surface area contributed by atoms with E-state index in [-0.39, 0.29) is 29.6 Å². The number of amides is 1. The molecule has 6 nitrogen and oxygen atoms in total. The molecule has 2 aliphatic heterocycles. The number of rotatable bonds is 3.